The van der Waals surface area contributed by atoms with Crippen molar-refractivity contribution < 1.29 is 13.2 Å². The number of rotatable bonds is 4. The summed E-state index contributed by atoms with van der Waals surface area (Å²) in [5.41, 5.74) is 0.238. The summed E-state index contributed by atoms with van der Waals surface area (Å²) in [4.78, 5) is 12.3. The minimum atomic E-state index is -3.72. The Hall–Kier alpha value is -1.40. The van der Waals surface area contributed by atoms with Gasteiger partial charge in [0, 0.05) is 19.7 Å². The zero-order valence-corrected chi connectivity index (χ0v) is 10.9. The molecule has 0 aliphatic carbocycles. The Labute approximate surface area is 105 Å². The topological polar surface area (TPSA) is 66.8 Å². The van der Waals surface area contributed by atoms with Gasteiger partial charge in [-0.25, -0.2) is 0 Å². The van der Waals surface area contributed by atoms with Gasteiger partial charge in [-0.2, -0.15) is 8.42 Å². The van der Waals surface area contributed by atoms with Crippen LogP contribution in [0.4, 0.5) is 0 Å². The van der Waals surface area contributed by atoms with Crippen LogP contribution in [0.15, 0.2) is 33.6 Å². The van der Waals surface area contributed by atoms with E-state index in [0.717, 1.165) is 0 Å². The second-order valence-corrected chi connectivity index (χ2v) is 5.43. The third-order valence-corrected chi connectivity index (χ3v) is 3.25. The van der Waals surface area contributed by atoms with Gasteiger partial charge in [0.2, 0.25) is 0 Å². The maximum absolute atomic E-state index is 11.7. The van der Waals surface area contributed by atoms with E-state index < -0.39 is 15.3 Å². The summed E-state index contributed by atoms with van der Waals surface area (Å²) in [6.07, 6.45) is 1.19. The molecule has 0 aromatic heterocycles. The monoisotopic (exact) mass is 274 g/mol. The third kappa shape index (κ3) is 3.83. The van der Waals surface area contributed by atoms with Gasteiger partial charge >= 0.3 is 0 Å². The predicted octanol–water partition coefficient (Wildman–Crippen LogP) is 1.34. The lowest BCUT2D eigenvalue weighted by Gasteiger charge is -2.03. The summed E-state index contributed by atoms with van der Waals surface area (Å²) in [6.45, 7) is 0. The van der Waals surface area contributed by atoms with Crippen LogP contribution in [0.2, 0.25) is 0 Å². The molecule has 0 amide bonds. The first kappa shape index (κ1) is 13.7. The molecule has 0 spiro atoms. The number of sulfonamides is 1. The van der Waals surface area contributed by atoms with E-state index in [9.17, 15) is 13.2 Å². The molecule has 1 aromatic carbocycles. The van der Waals surface area contributed by atoms with Crippen molar-refractivity contribution in [2.75, 3.05) is 14.1 Å². The van der Waals surface area contributed by atoms with Gasteiger partial charge in [-0.1, -0.05) is 0 Å². The van der Waals surface area contributed by atoms with E-state index in [-0.39, 0.29) is 10.5 Å². The Morgan fingerprint density at radius 2 is 1.82 bits per heavy atom. The maximum atomic E-state index is 11.7. The van der Waals surface area contributed by atoms with E-state index in [0.29, 0.717) is 0 Å². The minimum absolute atomic E-state index is 0.0114. The summed E-state index contributed by atoms with van der Waals surface area (Å²) in [5.74, 6) is 0. The molecule has 0 heterocycles. The first-order chi connectivity index (χ1) is 7.83. The molecule has 0 saturated carbocycles. The molecule has 0 aliphatic heterocycles. The zero-order valence-electron chi connectivity index (χ0n) is 9.29. The number of carbonyl (C=O) groups excluding carboxylic acids is 1. The normalized spacial score (nSPS) is 11.7. The molecule has 0 saturated heterocycles. The van der Waals surface area contributed by atoms with E-state index in [1.807, 2.05) is 0 Å². The van der Waals surface area contributed by atoms with Crippen LogP contribution in [-0.2, 0) is 10.0 Å². The second-order valence-electron chi connectivity index (χ2n) is 3.46. The van der Waals surface area contributed by atoms with Crippen LogP contribution in [0, 0.1) is 0 Å². The highest BCUT2D eigenvalue weighted by atomic mass is 35.5. The van der Waals surface area contributed by atoms with Crippen LogP contribution in [0.3, 0.4) is 0 Å². The van der Waals surface area contributed by atoms with Crippen molar-refractivity contribution in [1.82, 2.24) is 4.90 Å². The summed E-state index contributed by atoms with van der Waals surface area (Å²) >= 11 is 5.25. The van der Waals surface area contributed by atoms with Crippen LogP contribution in [0.5, 0.6) is 0 Å². The quantitative estimate of drug-likeness (QED) is 0.472. The minimum Gasteiger partial charge on any atom is -0.368 e. The Morgan fingerprint density at radius 1 is 1.29 bits per heavy atom. The highest BCUT2D eigenvalue weighted by Gasteiger charge is 2.12. The van der Waals surface area contributed by atoms with Crippen LogP contribution in [-0.4, -0.2) is 39.0 Å². The van der Waals surface area contributed by atoms with Crippen LogP contribution in [0.1, 0.15) is 10.4 Å². The summed E-state index contributed by atoms with van der Waals surface area (Å²) in [5, 5.41) is -0.634. The van der Waals surface area contributed by atoms with Gasteiger partial charge in [-0.3, -0.25) is 4.79 Å². The molecule has 92 valence electrons. The van der Waals surface area contributed by atoms with Gasteiger partial charge in [-0.05, 0) is 35.9 Å². The molecule has 17 heavy (non-hydrogen) atoms. The molecular formula is C10H11ClN2O3S. The number of halogens is 1. The average molecular weight is 275 g/mol. The van der Waals surface area contributed by atoms with Crippen LogP contribution in [0.25, 0.3) is 0 Å². The highest BCUT2D eigenvalue weighted by Crippen LogP contribution is 2.14. The van der Waals surface area contributed by atoms with Crippen LogP contribution >= 0.6 is 11.6 Å². The summed E-state index contributed by atoms with van der Waals surface area (Å²) < 4.78 is 26.8. The van der Waals surface area contributed by atoms with Crippen molar-refractivity contribution in [3.05, 3.63) is 29.8 Å². The molecule has 5 nitrogen and oxygen atoms in total. The molecule has 1 rings (SSSR count). The van der Waals surface area contributed by atoms with E-state index >= 15 is 0 Å². The lowest BCUT2D eigenvalue weighted by molar-refractivity contribution is 0.108. The molecule has 7 heteroatoms. The molecule has 0 aliphatic rings. The lowest BCUT2D eigenvalue weighted by Crippen LogP contribution is -2.10. The van der Waals surface area contributed by atoms with Crippen LogP contribution < -0.4 is 0 Å². The van der Waals surface area contributed by atoms with Gasteiger partial charge in [-0.15, -0.1) is 4.40 Å². The number of benzene rings is 1. The van der Waals surface area contributed by atoms with Gasteiger partial charge < -0.3 is 4.90 Å². The third-order valence-electron chi connectivity index (χ3n) is 1.80. The lowest BCUT2D eigenvalue weighted by atomic mass is 10.2. The summed E-state index contributed by atoms with van der Waals surface area (Å²) in [6, 6.07) is 5.26. The first-order valence-corrected chi connectivity index (χ1v) is 6.41. The molecular weight excluding hydrogens is 264 g/mol. The molecule has 0 atom stereocenters. The van der Waals surface area contributed by atoms with Crippen molar-refractivity contribution in [3.63, 3.8) is 0 Å². The fourth-order valence-corrected chi connectivity index (χ4v) is 2.02. The zero-order chi connectivity index (χ0) is 13.1. The van der Waals surface area contributed by atoms with Crippen molar-refractivity contribution in [2.24, 2.45) is 4.40 Å². The maximum Gasteiger partial charge on any atom is 0.283 e. The van der Waals surface area contributed by atoms with Gasteiger partial charge in [0.05, 0.1) is 4.90 Å². The molecule has 1 aromatic rings. The standard InChI is InChI=1S/C10H11ClN2O3S/c1-13(2)7-12-17(15,16)9-5-3-8(4-6-9)10(11)14/h3-7H,1-2H3/b12-7+. The largest absolute Gasteiger partial charge is 0.368 e. The van der Waals surface area contributed by atoms with Crippen molar-refractivity contribution >= 4 is 33.2 Å². The average Bonchev–Trinajstić information content (AvgIpc) is 2.27. The Morgan fingerprint density at radius 3 is 2.24 bits per heavy atom. The Kier molecular flexibility index (Phi) is 4.25. The van der Waals surface area contributed by atoms with Gasteiger partial charge in [0.1, 0.15) is 6.34 Å². The highest BCUT2D eigenvalue weighted by molar-refractivity contribution is 7.90. The Bertz CT molecular complexity index is 535. The predicted molar refractivity (Wildman–Crippen MR) is 66.0 cm³/mol. The molecule has 0 bridgehead atoms. The van der Waals surface area contributed by atoms with Crippen molar-refractivity contribution in [2.45, 2.75) is 4.90 Å². The molecule has 0 N–H and O–H groups in total. The van der Waals surface area contributed by atoms with E-state index in [4.69, 9.17) is 11.6 Å². The molecule has 0 fully saturated rings. The van der Waals surface area contributed by atoms with E-state index in [2.05, 4.69) is 4.40 Å². The second kappa shape index (κ2) is 5.29. The fourth-order valence-electron chi connectivity index (χ4n) is 0.975. The molecule has 0 radical (unpaired) electrons. The smallest absolute Gasteiger partial charge is 0.283 e. The van der Waals surface area contributed by atoms with Gasteiger partial charge in [0.15, 0.2) is 0 Å². The van der Waals surface area contributed by atoms with Crippen molar-refractivity contribution in [1.29, 1.82) is 0 Å². The van der Waals surface area contributed by atoms with Crippen molar-refractivity contribution in [3.8, 4) is 0 Å². The first-order valence-electron chi connectivity index (χ1n) is 4.60. The van der Waals surface area contributed by atoms with Gasteiger partial charge in [0.25, 0.3) is 15.3 Å². The summed E-state index contributed by atoms with van der Waals surface area (Å²) in [7, 11) is -0.402. The number of carbonyl (C=O) groups is 1. The van der Waals surface area contributed by atoms with E-state index in [1.165, 1.54) is 35.5 Å². The Balaban J connectivity index is 3.05. The number of nitrogens with zero attached hydrogens (tertiary/aromatic N) is 2. The molecule has 0 unspecified atom stereocenters. The number of hydrogen-bond acceptors (Lipinski definition) is 3. The van der Waals surface area contributed by atoms with E-state index in [1.54, 1.807) is 14.1 Å². The fraction of sp³-hybridized carbons (Fsp3) is 0.200. The number of hydrogen-bond donors (Lipinski definition) is 0. The SMILES string of the molecule is CN(C)/C=N/S(=O)(=O)c1ccc(C(=O)Cl)cc1.